The van der Waals surface area contributed by atoms with Crippen LogP contribution in [0.1, 0.15) is 110 Å². The first-order valence-electron chi connectivity index (χ1n) is 24.8. The van der Waals surface area contributed by atoms with Gasteiger partial charge in [0.05, 0.1) is 52.0 Å². The Morgan fingerprint density at radius 1 is 0.466 bits per heavy atom. The molecule has 73 heavy (non-hydrogen) atoms. The van der Waals surface area contributed by atoms with Gasteiger partial charge in [0.1, 0.15) is 30.0 Å². The fourth-order valence-electron chi connectivity index (χ4n) is 6.96. The number of aliphatic hydroxyl groups excluding tert-OH is 4. The normalized spacial score (nSPS) is 14.0. The number of amides is 9. The molecule has 0 saturated heterocycles. The van der Waals surface area contributed by atoms with Gasteiger partial charge >= 0.3 is 0 Å². The number of nitrogens with two attached hydrogens (primary N) is 2. The van der Waals surface area contributed by atoms with E-state index < -0.39 is 135 Å². The van der Waals surface area contributed by atoms with Crippen LogP contribution in [0.3, 0.4) is 0 Å². The third-order valence-corrected chi connectivity index (χ3v) is 11.5. The molecule has 0 radical (unpaired) electrons. The van der Waals surface area contributed by atoms with Crippen molar-refractivity contribution in [1.29, 1.82) is 0 Å². The molecule has 0 heterocycles. The van der Waals surface area contributed by atoms with E-state index in [1.165, 1.54) is 0 Å². The highest BCUT2D eigenvalue weighted by atomic mass is 16.3. The molecule has 0 spiro atoms. The van der Waals surface area contributed by atoms with E-state index in [9.17, 15) is 73.2 Å². The lowest BCUT2D eigenvalue weighted by molar-refractivity contribution is -0.135. The van der Waals surface area contributed by atoms with Gasteiger partial charge in [0.15, 0.2) is 5.78 Å². The van der Waals surface area contributed by atoms with Gasteiger partial charge in [0.2, 0.25) is 47.3 Å². The highest BCUT2D eigenvalue weighted by Gasteiger charge is 2.26. The van der Waals surface area contributed by atoms with Gasteiger partial charge in [-0.25, -0.2) is 16.3 Å². The van der Waals surface area contributed by atoms with Crippen molar-refractivity contribution < 1.29 is 73.2 Å². The first-order chi connectivity index (χ1) is 34.8. The number of carbonyl (C=O) groups excluding carboxylic acids is 11. The van der Waals surface area contributed by atoms with E-state index in [4.69, 9.17) is 11.5 Å². The molecule has 0 aliphatic rings. The van der Waals surface area contributed by atoms with Crippen LogP contribution in [0.15, 0.2) is 0 Å². The Hall–Kier alpha value is -5.59. The summed E-state index contributed by atoms with van der Waals surface area (Å²) in [5, 5.41) is 55.7. The standard InChI is InChI=1S/C45H83N13O15/c1-4-28(40(46)68)13-6-9-19-50-43(71)33(25-60)54-39(67)23-53-57-32(24-59)36(64)21-30(63)15-12-17-37(65)56-45(73)34(26-61)55-38(66)22-51-44(72)35(27-62)58-52-20-11-7-14-29(5-2)42(70)49-18-10-8-16-31(48-3)41(47)69/h28-29,31-35,48,52-53,57-62H,4-27H2,1-3H3,(H2,46,68)(H2,47,69)(H,49,70)(H,50,71)(H,51,72)(H,54,67)(H,55,66)(H,56,65,73)/t28-,29-,31-,32-,33-,34-,35-/m0/s1. The van der Waals surface area contributed by atoms with Crippen molar-refractivity contribution >= 4 is 64.7 Å². The number of rotatable bonds is 45. The topological polar surface area (TPSA) is 453 Å². The number of ketones is 2. The second-order valence-electron chi connectivity index (χ2n) is 17.2. The Morgan fingerprint density at radius 3 is 1.52 bits per heavy atom. The molecule has 0 aromatic carbocycles. The average Bonchev–Trinajstić information content (AvgIpc) is 3.35. The van der Waals surface area contributed by atoms with Crippen molar-refractivity contribution in [3.8, 4) is 0 Å². The lowest BCUT2D eigenvalue weighted by atomic mass is 9.98. The van der Waals surface area contributed by atoms with Crippen molar-refractivity contribution in [3.05, 3.63) is 0 Å². The summed E-state index contributed by atoms with van der Waals surface area (Å²) in [6, 6.07) is -5.78. The highest BCUT2D eigenvalue weighted by Crippen LogP contribution is 2.13. The predicted molar refractivity (Wildman–Crippen MR) is 263 cm³/mol. The van der Waals surface area contributed by atoms with Gasteiger partial charge in [-0.3, -0.25) is 63.5 Å². The molecule has 0 aliphatic carbocycles. The Kier molecular flexibility index (Phi) is 37.7. The molecule has 7 atom stereocenters. The van der Waals surface area contributed by atoms with Gasteiger partial charge in [-0.2, -0.15) is 0 Å². The summed E-state index contributed by atoms with van der Waals surface area (Å²) < 4.78 is 0. The molecule has 418 valence electrons. The quantitative estimate of drug-likeness (QED) is 0.0153. The van der Waals surface area contributed by atoms with Gasteiger partial charge in [0, 0.05) is 44.3 Å². The Labute approximate surface area is 425 Å². The molecule has 28 nitrogen and oxygen atoms in total. The highest BCUT2D eigenvalue weighted by molar-refractivity contribution is 6.02. The van der Waals surface area contributed by atoms with Crippen LogP contribution in [0.25, 0.3) is 0 Å². The number of aliphatic hydroxyl groups is 4. The zero-order chi connectivity index (χ0) is 55.1. The van der Waals surface area contributed by atoms with Crippen LogP contribution in [0, 0.1) is 11.8 Å². The van der Waals surface area contributed by atoms with Crippen LogP contribution in [0.5, 0.6) is 0 Å². The summed E-state index contributed by atoms with van der Waals surface area (Å²) in [7, 11) is 1.66. The number of unbranched alkanes of at least 4 members (excludes halogenated alkanes) is 3. The van der Waals surface area contributed by atoms with Crippen molar-refractivity contribution in [2.45, 2.75) is 140 Å². The van der Waals surface area contributed by atoms with Crippen LogP contribution >= 0.6 is 0 Å². The molecule has 0 aromatic rings. The van der Waals surface area contributed by atoms with Crippen molar-refractivity contribution in [3.63, 3.8) is 0 Å². The predicted octanol–water partition coefficient (Wildman–Crippen LogP) is -6.34. The van der Waals surface area contributed by atoms with Crippen LogP contribution in [0.4, 0.5) is 0 Å². The molecular formula is C45H83N13O15. The molecule has 0 fully saturated rings. The number of hydrogen-bond donors (Lipinski definition) is 17. The molecule has 9 amide bonds. The number of nitrogens with one attached hydrogen (secondary N) is 11. The minimum absolute atomic E-state index is 0.0533. The molecule has 28 heteroatoms. The summed E-state index contributed by atoms with van der Waals surface area (Å²) in [4.78, 5) is 135. The third kappa shape index (κ3) is 30.9. The van der Waals surface area contributed by atoms with E-state index in [0.717, 1.165) is 6.42 Å². The molecule has 0 bridgehead atoms. The van der Waals surface area contributed by atoms with Gasteiger partial charge in [0.25, 0.3) is 5.91 Å². The number of hydrazine groups is 2. The summed E-state index contributed by atoms with van der Waals surface area (Å²) in [5.41, 5.74) is 20.9. The van der Waals surface area contributed by atoms with Gasteiger partial charge in [-0.15, -0.1) is 0 Å². The minimum atomic E-state index is -1.60. The Morgan fingerprint density at radius 2 is 0.973 bits per heavy atom. The smallest absolute Gasteiger partial charge is 0.251 e. The summed E-state index contributed by atoms with van der Waals surface area (Å²) >= 11 is 0. The Bertz CT molecular complexity index is 1750. The monoisotopic (exact) mass is 1050 g/mol. The minimum Gasteiger partial charge on any atom is -0.394 e. The SMILES string of the molecule is CC[C@@H](CCCCNC(=O)[C@H](CO)NC(=O)CNN[C@@H](CO)C(=O)CC(=O)CCCC(=O)NC(=O)[C@H](CO)NC(=O)CNC(=O)[C@H](CO)NNCCCC[C@H](CC)C(=O)NCCCC[C@H](NC)C(N)=O)C(N)=O. The van der Waals surface area contributed by atoms with Crippen molar-refractivity contribution in [1.82, 2.24) is 58.9 Å². The van der Waals surface area contributed by atoms with Gasteiger partial charge < -0.3 is 63.8 Å². The Balaban J connectivity index is 4.52. The number of likely N-dealkylation sites (N-methyl/N-ethyl adjacent to an activating group) is 1. The number of carbonyl (C=O) groups is 11. The third-order valence-electron chi connectivity index (χ3n) is 11.5. The molecule has 0 saturated carbocycles. The maximum atomic E-state index is 12.6. The van der Waals surface area contributed by atoms with E-state index in [2.05, 4.69) is 53.6 Å². The van der Waals surface area contributed by atoms with Crippen molar-refractivity contribution in [2.24, 2.45) is 23.3 Å². The van der Waals surface area contributed by atoms with E-state index in [1.807, 2.05) is 19.2 Å². The molecular weight excluding hydrogens is 963 g/mol. The van der Waals surface area contributed by atoms with E-state index in [1.54, 1.807) is 7.05 Å². The van der Waals surface area contributed by atoms with Crippen LogP contribution in [0.2, 0.25) is 0 Å². The van der Waals surface area contributed by atoms with Crippen LogP contribution < -0.4 is 70.4 Å². The van der Waals surface area contributed by atoms with Gasteiger partial charge in [-0.05, 0) is 71.3 Å². The summed E-state index contributed by atoms with van der Waals surface area (Å²) in [6.07, 6.45) is 5.52. The average molecular weight is 1050 g/mol. The number of Topliss-reactive ketones (excluding diaryl/α,β-unsaturated/α-hetero) is 2. The number of primary amides is 2. The molecule has 0 aliphatic heterocycles. The van der Waals surface area contributed by atoms with E-state index >= 15 is 0 Å². The summed E-state index contributed by atoms with van der Waals surface area (Å²) in [5.74, 6) is -7.71. The number of imide groups is 1. The van der Waals surface area contributed by atoms with Crippen molar-refractivity contribution in [2.75, 3.05) is 66.2 Å². The number of hydrogen-bond acceptors (Lipinski definition) is 20. The summed E-state index contributed by atoms with van der Waals surface area (Å²) in [6.45, 7) is 0.651. The molecule has 0 rings (SSSR count). The largest absolute Gasteiger partial charge is 0.394 e. The second kappa shape index (κ2) is 40.8. The van der Waals surface area contributed by atoms with E-state index in [-0.39, 0.29) is 43.6 Å². The van der Waals surface area contributed by atoms with Crippen LogP contribution in [-0.4, -0.2) is 182 Å². The fraction of sp³-hybridized carbons (Fsp3) is 0.756. The molecule has 0 unspecified atom stereocenters. The first-order valence-corrected chi connectivity index (χ1v) is 24.8. The first kappa shape index (κ1) is 67.4. The lowest BCUT2D eigenvalue weighted by Crippen LogP contribution is -2.55. The second-order valence-corrected chi connectivity index (χ2v) is 17.2. The maximum absolute atomic E-state index is 12.6. The zero-order valence-corrected chi connectivity index (χ0v) is 42.4. The van der Waals surface area contributed by atoms with Crippen LogP contribution in [-0.2, 0) is 52.7 Å². The fourth-order valence-corrected chi connectivity index (χ4v) is 6.96. The molecule has 19 N–H and O–H groups in total. The van der Waals surface area contributed by atoms with Gasteiger partial charge in [-0.1, -0.05) is 26.7 Å². The maximum Gasteiger partial charge on any atom is 0.251 e. The zero-order valence-electron chi connectivity index (χ0n) is 42.4. The lowest BCUT2D eigenvalue weighted by Gasteiger charge is -2.19. The molecule has 0 aromatic heterocycles. The van der Waals surface area contributed by atoms with E-state index in [0.29, 0.717) is 77.3 Å².